The lowest BCUT2D eigenvalue weighted by Crippen LogP contribution is -2.16. The molecule has 3 N–H and O–H groups in total. The van der Waals surface area contributed by atoms with E-state index in [0.29, 0.717) is 5.69 Å². The molecule has 1 amide bonds. The molecule has 0 radical (unpaired) electrons. The number of carboxylic acid groups (broad SMARTS) is 1. The third-order valence-electron chi connectivity index (χ3n) is 3.09. The van der Waals surface area contributed by atoms with Gasteiger partial charge in [0.25, 0.3) is 5.91 Å². The van der Waals surface area contributed by atoms with Gasteiger partial charge in [-0.1, -0.05) is 12.1 Å². The van der Waals surface area contributed by atoms with Crippen LogP contribution in [-0.2, 0) is 4.79 Å². The molecule has 0 unspecified atom stereocenters. The summed E-state index contributed by atoms with van der Waals surface area (Å²) in [6.45, 7) is 1.72. The minimum atomic E-state index is -1.15. The number of benzene rings is 2. The Hall–Kier alpha value is -3.15. The van der Waals surface area contributed by atoms with Crippen molar-refractivity contribution >= 4 is 29.0 Å². The van der Waals surface area contributed by atoms with Crippen molar-refractivity contribution in [1.29, 1.82) is 0 Å². The van der Waals surface area contributed by atoms with E-state index in [1.807, 2.05) is 0 Å². The molecule has 0 atom stereocenters. The standard InChI is InChI=1S/C17H16N2O4/c1-11(20)10-18-12-6-8-13(9-7-12)19-16(21)14-4-2-3-5-15(14)17(22)23/h2-9,18H,10H2,1H3,(H,19,21)(H,22,23). The zero-order valence-corrected chi connectivity index (χ0v) is 12.5. The summed E-state index contributed by atoms with van der Waals surface area (Å²) in [5.41, 5.74) is 1.33. The Morgan fingerprint density at radius 1 is 0.913 bits per heavy atom. The van der Waals surface area contributed by atoms with Crippen LogP contribution >= 0.6 is 0 Å². The van der Waals surface area contributed by atoms with Crippen molar-refractivity contribution in [2.75, 3.05) is 17.2 Å². The fourth-order valence-corrected chi connectivity index (χ4v) is 1.96. The number of carbonyl (C=O) groups excluding carboxylic acids is 2. The number of anilines is 2. The van der Waals surface area contributed by atoms with Crippen LogP contribution in [-0.4, -0.2) is 29.3 Å². The molecule has 0 aliphatic heterocycles. The van der Waals surface area contributed by atoms with Gasteiger partial charge in [-0.15, -0.1) is 0 Å². The molecule has 0 heterocycles. The lowest BCUT2D eigenvalue weighted by molar-refractivity contribution is -0.115. The number of carboxylic acids is 1. The Bertz CT molecular complexity index is 739. The zero-order chi connectivity index (χ0) is 16.8. The predicted octanol–water partition coefficient (Wildman–Crippen LogP) is 2.64. The lowest BCUT2D eigenvalue weighted by Gasteiger charge is -2.09. The summed E-state index contributed by atoms with van der Waals surface area (Å²) >= 11 is 0. The average Bonchev–Trinajstić information content (AvgIpc) is 2.54. The first kappa shape index (κ1) is 16.2. The largest absolute Gasteiger partial charge is 0.478 e. The minimum absolute atomic E-state index is 0.0210. The van der Waals surface area contributed by atoms with E-state index in [4.69, 9.17) is 5.11 Å². The number of nitrogens with one attached hydrogen (secondary N) is 2. The molecule has 0 fully saturated rings. The normalized spacial score (nSPS) is 9.96. The summed E-state index contributed by atoms with van der Waals surface area (Å²) in [4.78, 5) is 34.2. The van der Waals surface area contributed by atoms with Crippen molar-refractivity contribution in [3.8, 4) is 0 Å². The number of aromatic carboxylic acids is 1. The quantitative estimate of drug-likeness (QED) is 0.762. The Morgan fingerprint density at radius 2 is 1.48 bits per heavy atom. The molecule has 0 saturated heterocycles. The van der Waals surface area contributed by atoms with Gasteiger partial charge in [-0.25, -0.2) is 4.79 Å². The molecule has 2 rings (SSSR count). The highest BCUT2D eigenvalue weighted by Crippen LogP contribution is 2.16. The van der Waals surface area contributed by atoms with Crippen molar-refractivity contribution in [3.63, 3.8) is 0 Å². The Kier molecular flexibility index (Phi) is 5.09. The van der Waals surface area contributed by atoms with Gasteiger partial charge in [0, 0.05) is 11.4 Å². The maximum atomic E-state index is 12.2. The van der Waals surface area contributed by atoms with E-state index in [9.17, 15) is 14.4 Å². The fourth-order valence-electron chi connectivity index (χ4n) is 1.96. The van der Waals surface area contributed by atoms with Gasteiger partial charge in [-0.3, -0.25) is 9.59 Å². The molecule has 6 nitrogen and oxygen atoms in total. The van der Waals surface area contributed by atoms with Crippen LogP contribution in [0.1, 0.15) is 27.6 Å². The number of hydrogen-bond donors (Lipinski definition) is 3. The van der Waals surface area contributed by atoms with E-state index in [2.05, 4.69) is 10.6 Å². The molecule has 2 aromatic rings. The van der Waals surface area contributed by atoms with Crippen molar-refractivity contribution in [2.45, 2.75) is 6.92 Å². The first-order valence-corrected chi connectivity index (χ1v) is 6.94. The second-order valence-electron chi connectivity index (χ2n) is 4.94. The van der Waals surface area contributed by atoms with Gasteiger partial charge < -0.3 is 15.7 Å². The van der Waals surface area contributed by atoms with Crippen molar-refractivity contribution < 1.29 is 19.5 Å². The van der Waals surface area contributed by atoms with E-state index in [1.165, 1.54) is 19.1 Å². The summed E-state index contributed by atoms with van der Waals surface area (Å²) in [5.74, 6) is -1.63. The summed E-state index contributed by atoms with van der Waals surface area (Å²) < 4.78 is 0. The topological polar surface area (TPSA) is 95.5 Å². The van der Waals surface area contributed by atoms with Crippen LogP contribution in [0.2, 0.25) is 0 Å². The summed E-state index contributed by atoms with van der Waals surface area (Å²) in [6.07, 6.45) is 0. The molecule has 0 aromatic heterocycles. The molecule has 2 aromatic carbocycles. The molecular formula is C17H16N2O4. The lowest BCUT2D eigenvalue weighted by atomic mass is 10.1. The Balaban J connectivity index is 2.09. The second kappa shape index (κ2) is 7.22. The summed E-state index contributed by atoms with van der Waals surface area (Å²) in [6, 6.07) is 12.8. The van der Waals surface area contributed by atoms with Crippen LogP contribution in [0.3, 0.4) is 0 Å². The minimum Gasteiger partial charge on any atom is -0.478 e. The number of Topliss-reactive ketones (excluding diaryl/α,β-unsaturated/α-hetero) is 1. The van der Waals surface area contributed by atoms with E-state index in [-0.39, 0.29) is 23.5 Å². The van der Waals surface area contributed by atoms with Gasteiger partial charge in [-0.05, 0) is 43.3 Å². The smallest absolute Gasteiger partial charge is 0.336 e. The first-order valence-electron chi connectivity index (χ1n) is 6.94. The van der Waals surface area contributed by atoms with Crippen molar-refractivity contribution in [3.05, 3.63) is 59.7 Å². The first-order chi connectivity index (χ1) is 11.0. The maximum absolute atomic E-state index is 12.2. The highest BCUT2D eigenvalue weighted by Gasteiger charge is 2.15. The molecule has 0 aliphatic rings. The van der Waals surface area contributed by atoms with Gasteiger partial charge in [-0.2, -0.15) is 0 Å². The van der Waals surface area contributed by atoms with Crippen LogP contribution in [0.25, 0.3) is 0 Å². The summed E-state index contributed by atoms with van der Waals surface area (Å²) in [7, 11) is 0. The average molecular weight is 312 g/mol. The Labute approximate surface area is 133 Å². The predicted molar refractivity (Wildman–Crippen MR) is 87.0 cm³/mol. The van der Waals surface area contributed by atoms with E-state index in [0.717, 1.165) is 5.69 Å². The number of rotatable bonds is 6. The molecule has 6 heteroatoms. The fraction of sp³-hybridized carbons (Fsp3) is 0.118. The van der Waals surface area contributed by atoms with E-state index in [1.54, 1.807) is 36.4 Å². The SMILES string of the molecule is CC(=O)CNc1ccc(NC(=O)c2ccccc2C(=O)O)cc1. The number of amides is 1. The second-order valence-corrected chi connectivity index (χ2v) is 4.94. The third-order valence-corrected chi connectivity index (χ3v) is 3.09. The number of hydrogen-bond acceptors (Lipinski definition) is 4. The number of carbonyl (C=O) groups is 3. The van der Waals surface area contributed by atoms with Crippen molar-refractivity contribution in [2.24, 2.45) is 0 Å². The van der Waals surface area contributed by atoms with Gasteiger partial charge in [0.15, 0.2) is 0 Å². The van der Waals surface area contributed by atoms with E-state index >= 15 is 0 Å². The maximum Gasteiger partial charge on any atom is 0.336 e. The van der Waals surface area contributed by atoms with Gasteiger partial charge in [0.2, 0.25) is 0 Å². The third kappa shape index (κ3) is 4.41. The van der Waals surface area contributed by atoms with Crippen LogP contribution in [0, 0.1) is 0 Å². The molecule has 0 spiro atoms. The molecular weight excluding hydrogens is 296 g/mol. The van der Waals surface area contributed by atoms with E-state index < -0.39 is 11.9 Å². The monoisotopic (exact) mass is 312 g/mol. The van der Waals surface area contributed by atoms with Gasteiger partial charge in [0.1, 0.15) is 5.78 Å². The molecule has 0 saturated carbocycles. The zero-order valence-electron chi connectivity index (χ0n) is 12.5. The molecule has 118 valence electrons. The highest BCUT2D eigenvalue weighted by molar-refractivity contribution is 6.10. The number of ketones is 1. The Morgan fingerprint density at radius 3 is 2.04 bits per heavy atom. The van der Waals surface area contributed by atoms with Crippen LogP contribution in [0.15, 0.2) is 48.5 Å². The molecule has 23 heavy (non-hydrogen) atoms. The van der Waals surface area contributed by atoms with Crippen molar-refractivity contribution in [1.82, 2.24) is 0 Å². The van der Waals surface area contributed by atoms with Crippen LogP contribution in [0.4, 0.5) is 11.4 Å². The molecule has 0 aliphatic carbocycles. The summed E-state index contributed by atoms with van der Waals surface area (Å²) in [5, 5.41) is 14.7. The van der Waals surface area contributed by atoms with Gasteiger partial charge in [0.05, 0.1) is 17.7 Å². The van der Waals surface area contributed by atoms with Crippen LogP contribution < -0.4 is 10.6 Å². The highest BCUT2D eigenvalue weighted by atomic mass is 16.4. The molecule has 0 bridgehead atoms. The van der Waals surface area contributed by atoms with Crippen LogP contribution in [0.5, 0.6) is 0 Å². The van der Waals surface area contributed by atoms with Gasteiger partial charge >= 0.3 is 5.97 Å².